The second kappa shape index (κ2) is 6.77. The number of carbonyl (C=O) groups is 1. The summed E-state index contributed by atoms with van der Waals surface area (Å²) in [4.78, 5) is 13.3. The topological polar surface area (TPSA) is 26.3 Å². The van der Waals surface area contributed by atoms with Crippen LogP contribution in [0.1, 0.15) is 49.9 Å². The summed E-state index contributed by atoms with van der Waals surface area (Å²) in [6.07, 6.45) is 6.82. The molecule has 1 aromatic carbocycles. The van der Waals surface area contributed by atoms with E-state index in [1.54, 1.807) is 11.8 Å². The van der Waals surface area contributed by atoms with Crippen molar-refractivity contribution >= 4 is 17.5 Å². The number of Topliss-reactive ketones (excluding diaryl/α,β-unsaturated/α-hetero) is 1. The molecule has 0 bridgehead atoms. The van der Waals surface area contributed by atoms with Crippen molar-refractivity contribution in [3.8, 4) is 0 Å². The normalized spacial score (nSPS) is 18.9. The Morgan fingerprint density at radius 2 is 1.85 bits per heavy atom. The van der Waals surface area contributed by atoms with Gasteiger partial charge in [0.15, 0.2) is 5.78 Å². The van der Waals surface area contributed by atoms with Crippen molar-refractivity contribution in [2.24, 2.45) is 5.41 Å². The SMILES string of the molecule is CSc1ccc(C(=O)COC2CCC(C)(C)CC2)cc1. The van der Waals surface area contributed by atoms with Crippen molar-refractivity contribution in [1.82, 2.24) is 0 Å². The summed E-state index contributed by atoms with van der Waals surface area (Å²) in [6, 6.07) is 7.76. The maximum Gasteiger partial charge on any atom is 0.188 e. The van der Waals surface area contributed by atoms with Gasteiger partial charge in [-0.25, -0.2) is 0 Å². The average molecular weight is 292 g/mol. The van der Waals surface area contributed by atoms with E-state index in [-0.39, 0.29) is 18.5 Å². The van der Waals surface area contributed by atoms with Crippen LogP contribution in [0.3, 0.4) is 0 Å². The number of hydrogen-bond donors (Lipinski definition) is 0. The molecule has 0 radical (unpaired) electrons. The lowest BCUT2D eigenvalue weighted by molar-refractivity contribution is 0.00862. The molecule has 0 unspecified atom stereocenters. The molecule has 0 aliphatic heterocycles. The molecule has 1 fully saturated rings. The van der Waals surface area contributed by atoms with Gasteiger partial charge in [0.05, 0.1) is 6.10 Å². The van der Waals surface area contributed by atoms with Gasteiger partial charge in [0.2, 0.25) is 0 Å². The lowest BCUT2D eigenvalue weighted by Crippen LogP contribution is -2.28. The van der Waals surface area contributed by atoms with Crippen molar-refractivity contribution in [1.29, 1.82) is 0 Å². The summed E-state index contributed by atoms with van der Waals surface area (Å²) in [7, 11) is 0. The highest BCUT2D eigenvalue weighted by Gasteiger charge is 2.27. The number of benzene rings is 1. The minimum absolute atomic E-state index is 0.0856. The largest absolute Gasteiger partial charge is 0.370 e. The quantitative estimate of drug-likeness (QED) is 0.587. The fraction of sp³-hybridized carbons (Fsp3) is 0.588. The summed E-state index contributed by atoms with van der Waals surface area (Å²) < 4.78 is 5.79. The van der Waals surface area contributed by atoms with E-state index in [1.807, 2.05) is 30.5 Å². The molecule has 3 heteroatoms. The van der Waals surface area contributed by atoms with Crippen LogP contribution in [0.2, 0.25) is 0 Å². The smallest absolute Gasteiger partial charge is 0.188 e. The minimum Gasteiger partial charge on any atom is -0.370 e. The third-order valence-corrected chi connectivity index (χ3v) is 4.89. The van der Waals surface area contributed by atoms with E-state index in [9.17, 15) is 4.79 Å². The van der Waals surface area contributed by atoms with E-state index >= 15 is 0 Å². The molecule has 2 nitrogen and oxygen atoms in total. The molecule has 0 spiro atoms. The monoisotopic (exact) mass is 292 g/mol. The lowest BCUT2D eigenvalue weighted by Gasteiger charge is -2.34. The van der Waals surface area contributed by atoms with E-state index in [0.717, 1.165) is 18.4 Å². The van der Waals surface area contributed by atoms with Crippen LogP contribution in [0.25, 0.3) is 0 Å². The summed E-state index contributed by atoms with van der Waals surface area (Å²) in [5.74, 6) is 0.0856. The molecule has 20 heavy (non-hydrogen) atoms. The third-order valence-electron chi connectivity index (χ3n) is 4.15. The molecule has 1 saturated carbocycles. The lowest BCUT2D eigenvalue weighted by atomic mass is 9.76. The molecule has 0 aromatic heterocycles. The summed E-state index contributed by atoms with van der Waals surface area (Å²) in [5.41, 5.74) is 1.19. The number of hydrogen-bond acceptors (Lipinski definition) is 3. The Morgan fingerprint density at radius 1 is 1.25 bits per heavy atom. The molecule has 1 aliphatic rings. The van der Waals surface area contributed by atoms with Crippen molar-refractivity contribution in [3.63, 3.8) is 0 Å². The maximum absolute atomic E-state index is 12.1. The zero-order chi connectivity index (χ0) is 14.6. The summed E-state index contributed by atoms with van der Waals surface area (Å²) in [5, 5.41) is 0. The van der Waals surface area contributed by atoms with Crippen LogP contribution in [0, 0.1) is 5.41 Å². The first-order valence-electron chi connectivity index (χ1n) is 7.29. The number of ether oxygens (including phenoxy) is 1. The molecule has 2 rings (SSSR count). The van der Waals surface area contributed by atoms with Crippen molar-refractivity contribution in [3.05, 3.63) is 29.8 Å². The predicted molar refractivity (Wildman–Crippen MR) is 84.5 cm³/mol. The first kappa shape index (κ1) is 15.6. The van der Waals surface area contributed by atoms with Crippen LogP contribution in [-0.4, -0.2) is 24.7 Å². The zero-order valence-electron chi connectivity index (χ0n) is 12.6. The summed E-state index contributed by atoms with van der Waals surface area (Å²) in [6.45, 7) is 4.83. The highest BCUT2D eigenvalue weighted by Crippen LogP contribution is 2.36. The molecule has 0 atom stereocenters. The average Bonchev–Trinajstić information content (AvgIpc) is 2.46. The molecule has 0 heterocycles. The molecule has 1 aliphatic carbocycles. The van der Waals surface area contributed by atoms with Crippen LogP contribution in [-0.2, 0) is 4.74 Å². The van der Waals surface area contributed by atoms with Crippen LogP contribution in [0.5, 0.6) is 0 Å². The maximum atomic E-state index is 12.1. The fourth-order valence-electron chi connectivity index (χ4n) is 2.59. The Kier molecular flexibility index (Phi) is 5.28. The molecule has 0 N–H and O–H groups in total. The van der Waals surface area contributed by atoms with Gasteiger partial charge < -0.3 is 4.74 Å². The summed E-state index contributed by atoms with van der Waals surface area (Å²) >= 11 is 1.68. The molecular formula is C17H24O2S. The Balaban J connectivity index is 1.80. The molecule has 1 aromatic rings. The zero-order valence-corrected chi connectivity index (χ0v) is 13.5. The van der Waals surface area contributed by atoms with Gasteiger partial charge in [-0.2, -0.15) is 0 Å². The Labute approximate surface area is 126 Å². The van der Waals surface area contributed by atoms with Crippen LogP contribution in [0.15, 0.2) is 29.2 Å². The van der Waals surface area contributed by atoms with Crippen molar-refractivity contribution in [2.45, 2.75) is 50.5 Å². The van der Waals surface area contributed by atoms with Crippen LogP contribution in [0.4, 0.5) is 0 Å². The van der Waals surface area contributed by atoms with E-state index < -0.39 is 0 Å². The van der Waals surface area contributed by atoms with Crippen molar-refractivity contribution < 1.29 is 9.53 Å². The van der Waals surface area contributed by atoms with Gasteiger partial charge in [-0.15, -0.1) is 11.8 Å². The predicted octanol–water partition coefficient (Wildman–Crippen LogP) is 4.58. The second-order valence-corrected chi connectivity index (χ2v) is 7.21. The molecule has 0 amide bonds. The third kappa shape index (κ3) is 4.35. The first-order valence-corrected chi connectivity index (χ1v) is 8.51. The van der Waals surface area contributed by atoms with E-state index in [0.29, 0.717) is 5.41 Å². The van der Waals surface area contributed by atoms with Gasteiger partial charge in [-0.3, -0.25) is 4.79 Å². The number of ketones is 1. The minimum atomic E-state index is 0.0856. The van der Waals surface area contributed by atoms with Gasteiger partial charge >= 0.3 is 0 Å². The van der Waals surface area contributed by atoms with E-state index in [2.05, 4.69) is 13.8 Å². The standard InChI is InChI=1S/C17H24O2S/c1-17(2)10-8-14(9-11-17)19-12-16(18)13-4-6-15(20-3)7-5-13/h4-7,14H,8-12H2,1-3H3. The number of rotatable bonds is 5. The van der Waals surface area contributed by atoms with Crippen LogP contribution >= 0.6 is 11.8 Å². The van der Waals surface area contributed by atoms with E-state index in [4.69, 9.17) is 4.74 Å². The Bertz CT molecular complexity index is 441. The van der Waals surface area contributed by atoms with E-state index in [1.165, 1.54) is 17.7 Å². The highest BCUT2D eigenvalue weighted by molar-refractivity contribution is 7.98. The number of thioether (sulfide) groups is 1. The Morgan fingerprint density at radius 3 is 2.40 bits per heavy atom. The fourth-order valence-corrected chi connectivity index (χ4v) is 3.00. The van der Waals surface area contributed by atoms with Gasteiger partial charge in [-0.1, -0.05) is 26.0 Å². The van der Waals surface area contributed by atoms with Gasteiger partial charge in [0.25, 0.3) is 0 Å². The van der Waals surface area contributed by atoms with Gasteiger partial charge in [0, 0.05) is 10.5 Å². The Hall–Kier alpha value is -0.800. The highest BCUT2D eigenvalue weighted by atomic mass is 32.2. The molecule has 0 saturated heterocycles. The van der Waals surface area contributed by atoms with Gasteiger partial charge in [0.1, 0.15) is 6.61 Å². The molecular weight excluding hydrogens is 268 g/mol. The first-order chi connectivity index (χ1) is 9.50. The van der Waals surface area contributed by atoms with Crippen molar-refractivity contribution in [2.75, 3.05) is 12.9 Å². The van der Waals surface area contributed by atoms with Crippen LogP contribution < -0.4 is 0 Å². The molecule has 110 valence electrons. The second-order valence-electron chi connectivity index (χ2n) is 6.33. The number of carbonyl (C=O) groups excluding carboxylic acids is 1. The van der Waals surface area contributed by atoms with Gasteiger partial charge in [-0.05, 0) is 49.5 Å².